The van der Waals surface area contributed by atoms with Crippen molar-refractivity contribution in [2.45, 2.75) is 64.6 Å². The molecule has 126 valence electrons. The van der Waals surface area contributed by atoms with E-state index in [0.717, 1.165) is 38.5 Å². The Balaban J connectivity index is 3.88. The first-order valence-corrected chi connectivity index (χ1v) is 7.90. The van der Waals surface area contributed by atoms with Crippen LogP contribution in [-0.4, -0.2) is 35.5 Å². The van der Waals surface area contributed by atoms with Crippen LogP contribution >= 0.6 is 0 Å². The van der Waals surface area contributed by atoms with Crippen LogP contribution in [0.15, 0.2) is 36.0 Å². The maximum absolute atomic E-state index is 10.6. The van der Waals surface area contributed by atoms with Crippen molar-refractivity contribution in [3.8, 4) is 0 Å². The van der Waals surface area contributed by atoms with Crippen molar-refractivity contribution in [2.75, 3.05) is 7.11 Å². The number of carboxylic acids is 1. The SMILES string of the molecule is CO[C@@H](C/C=C/C=C(\C)C(=O)O)CC/C=C/CCC[C@H](C)O. The molecule has 4 nitrogen and oxygen atoms in total. The van der Waals surface area contributed by atoms with Crippen molar-refractivity contribution < 1.29 is 19.7 Å². The summed E-state index contributed by atoms with van der Waals surface area (Å²) >= 11 is 0. The Morgan fingerprint density at radius 1 is 1.18 bits per heavy atom. The average molecular weight is 310 g/mol. The van der Waals surface area contributed by atoms with Gasteiger partial charge in [0.1, 0.15) is 0 Å². The lowest BCUT2D eigenvalue weighted by atomic mass is 10.1. The highest BCUT2D eigenvalue weighted by Crippen LogP contribution is 2.09. The van der Waals surface area contributed by atoms with E-state index in [4.69, 9.17) is 14.9 Å². The van der Waals surface area contributed by atoms with Gasteiger partial charge in [0.15, 0.2) is 0 Å². The van der Waals surface area contributed by atoms with Gasteiger partial charge in [-0.05, 0) is 52.4 Å². The van der Waals surface area contributed by atoms with Gasteiger partial charge in [-0.3, -0.25) is 0 Å². The maximum atomic E-state index is 10.6. The fourth-order valence-electron chi connectivity index (χ4n) is 1.89. The molecule has 0 aliphatic carbocycles. The van der Waals surface area contributed by atoms with E-state index in [0.29, 0.717) is 5.57 Å². The van der Waals surface area contributed by atoms with Crippen LogP contribution < -0.4 is 0 Å². The molecule has 0 aromatic rings. The Bertz CT molecular complexity index is 381. The largest absolute Gasteiger partial charge is 0.478 e. The Kier molecular flexibility index (Phi) is 12.4. The third-order valence-corrected chi connectivity index (χ3v) is 3.37. The number of carbonyl (C=O) groups is 1. The zero-order chi connectivity index (χ0) is 16.8. The highest BCUT2D eigenvalue weighted by molar-refractivity contribution is 5.86. The van der Waals surface area contributed by atoms with Crippen LogP contribution in [-0.2, 0) is 9.53 Å². The molecule has 2 N–H and O–H groups in total. The fraction of sp³-hybridized carbons (Fsp3) is 0.611. The molecule has 22 heavy (non-hydrogen) atoms. The van der Waals surface area contributed by atoms with E-state index in [1.165, 1.54) is 0 Å². The number of aliphatic carboxylic acids is 1. The summed E-state index contributed by atoms with van der Waals surface area (Å²) in [6, 6.07) is 0. The van der Waals surface area contributed by atoms with Gasteiger partial charge in [0.25, 0.3) is 0 Å². The summed E-state index contributed by atoms with van der Waals surface area (Å²) in [5, 5.41) is 17.9. The third kappa shape index (κ3) is 12.4. The van der Waals surface area contributed by atoms with Crippen LogP contribution in [0.5, 0.6) is 0 Å². The van der Waals surface area contributed by atoms with E-state index in [1.807, 2.05) is 13.0 Å². The summed E-state index contributed by atoms with van der Waals surface area (Å²) in [5.74, 6) is -0.895. The normalized spacial score (nSPS) is 15.5. The average Bonchev–Trinajstić information content (AvgIpc) is 2.47. The second-order valence-corrected chi connectivity index (χ2v) is 5.51. The number of ether oxygens (including phenoxy) is 1. The Morgan fingerprint density at radius 3 is 2.45 bits per heavy atom. The van der Waals surface area contributed by atoms with Crippen LogP contribution in [0.1, 0.15) is 52.4 Å². The number of aliphatic hydroxyl groups is 1. The first-order chi connectivity index (χ1) is 10.5. The van der Waals surface area contributed by atoms with Gasteiger partial charge in [-0.25, -0.2) is 4.79 Å². The van der Waals surface area contributed by atoms with Gasteiger partial charge in [0.05, 0.1) is 12.2 Å². The first-order valence-electron chi connectivity index (χ1n) is 7.90. The molecule has 0 saturated carbocycles. The molecule has 0 unspecified atom stereocenters. The molecule has 0 amide bonds. The molecule has 0 saturated heterocycles. The summed E-state index contributed by atoms with van der Waals surface area (Å²) in [4.78, 5) is 10.6. The van der Waals surface area contributed by atoms with Gasteiger partial charge in [0, 0.05) is 12.7 Å². The minimum atomic E-state index is -0.895. The number of methoxy groups -OCH3 is 1. The van der Waals surface area contributed by atoms with E-state index in [-0.39, 0.29) is 12.2 Å². The van der Waals surface area contributed by atoms with E-state index in [1.54, 1.807) is 26.2 Å². The Labute approximate surface area is 134 Å². The lowest BCUT2D eigenvalue weighted by Gasteiger charge is -2.11. The van der Waals surface area contributed by atoms with E-state index < -0.39 is 5.97 Å². The standard InChI is InChI=1S/C18H30O4/c1-15(18(20)21)11-9-10-14-17(22-3)13-8-6-4-5-7-12-16(2)19/h4,6,9-11,16-17,19H,5,7-8,12-14H2,1-3H3,(H,20,21)/b6-4+,10-9+,15-11+/t16-,17+/m0/s1. The summed E-state index contributed by atoms with van der Waals surface area (Å²) in [6.45, 7) is 3.39. The number of rotatable bonds is 12. The summed E-state index contributed by atoms with van der Waals surface area (Å²) < 4.78 is 5.41. The molecule has 4 heteroatoms. The summed E-state index contributed by atoms with van der Waals surface area (Å²) in [6.07, 6.45) is 15.1. The Morgan fingerprint density at radius 2 is 1.86 bits per heavy atom. The lowest BCUT2D eigenvalue weighted by Crippen LogP contribution is -2.08. The molecular weight excluding hydrogens is 280 g/mol. The molecule has 0 aromatic carbocycles. The fourth-order valence-corrected chi connectivity index (χ4v) is 1.89. The predicted molar refractivity (Wildman–Crippen MR) is 89.9 cm³/mol. The maximum Gasteiger partial charge on any atom is 0.331 e. The van der Waals surface area contributed by atoms with Gasteiger partial charge >= 0.3 is 5.97 Å². The van der Waals surface area contributed by atoms with E-state index in [9.17, 15) is 4.79 Å². The summed E-state index contributed by atoms with van der Waals surface area (Å²) in [5.41, 5.74) is 0.324. The van der Waals surface area contributed by atoms with Crippen molar-refractivity contribution in [3.05, 3.63) is 36.0 Å². The van der Waals surface area contributed by atoms with Crippen LogP contribution in [0.2, 0.25) is 0 Å². The zero-order valence-corrected chi connectivity index (χ0v) is 14.0. The van der Waals surface area contributed by atoms with Gasteiger partial charge in [-0.2, -0.15) is 0 Å². The van der Waals surface area contributed by atoms with Gasteiger partial charge in [0.2, 0.25) is 0 Å². The van der Waals surface area contributed by atoms with E-state index in [2.05, 4.69) is 12.2 Å². The topological polar surface area (TPSA) is 66.8 Å². The molecule has 0 radical (unpaired) electrons. The highest BCUT2D eigenvalue weighted by atomic mass is 16.5. The summed E-state index contributed by atoms with van der Waals surface area (Å²) in [7, 11) is 1.70. The van der Waals surface area contributed by atoms with E-state index >= 15 is 0 Å². The molecule has 0 heterocycles. The van der Waals surface area contributed by atoms with Gasteiger partial charge < -0.3 is 14.9 Å². The molecule has 0 spiro atoms. The number of carboxylic acid groups (broad SMARTS) is 1. The molecule has 2 atom stereocenters. The third-order valence-electron chi connectivity index (χ3n) is 3.37. The van der Waals surface area contributed by atoms with Crippen LogP contribution in [0.3, 0.4) is 0 Å². The van der Waals surface area contributed by atoms with Crippen molar-refractivity contribution in [1.82, 2.24) is 0 Å². The van der Waals surface area contributed by atoms with Gasteiger partial charge in [-0.1, -0.05) is 30.4 Å². The number of hydrogen-bond acceptors (Lipinski definition) is 3. The second kappa shape index (κ2) is 13.3. The zero-order valence-electron chi connectivity index (χ0n) is 14.0. The molecule has 0 aromatic heterocycles. The van der Waals surface area contributed by atoms with Crippen molar-refractivity contribution in [2.24, 2.45) is 0 Å². The second-order valence-electron chi connectivity index (χ2n) is 5.51. The van der Waals surface area contributed by atoms with Crippen molar-refractivity contribution in [3.63, 3.8) is 0 Å². The van der Waals surface area contributed by atoms with Crippen LogP contribution in [0, 0.1) is 0 Å². The molecule has 0 aliphatic heterocycles. The highest BCUT2D eigenvalue weighted by Gasteiger charge is 2.03. The Hall–Kier alpha value is -1.39. The minimum Gasteiger partial charge on any atom is -0.478 e. The predicted octanol–water partition coefficient (Wildman–Crippen LogP) is 3.87. The molecular formula is C18H30O4. The molecule has 0 rings (SSSR count). The molecule has 0 aliphatic rings. The van der Waals surface area contributed by atoms with Gasteiger partial charge in [-0.15, -0.1) is 0 Å². The monoisotopic (exact) mass is 310 g/mol. The number of allylic oxidation sites excluding steroid dienone is 4. The first kappa shape index (κ1) is 20.6. The smallest absolute Gasteiger partial charge is 0.331 e. The van der Waals surface area contributed by atoms with Crippen LogP contribution in [0.4, 0.5) is 0 Å². The number of aliphatic hydroxyl groups excluding tert-OH is 1. The minimum absolute atomic E-state index is 0.150. The number of unbranched alkanes of at least 4 members (excludes halogenated alkanes) is 1. The van der Waals surface area contributed by atoms with Crippen LogP contribution in [0.25, 0.3) is 0 Å². The lowest BCUT2D eigenvalue weighted by molar-refractivity contribution is -0.132. The molecule has 0 fully saturated rings. The van der Waals surface area contributed by atoms with Crippen molar-refractivity contribution in [1.29, 1.82) is 0 Å². The van der Waals surface area contributed by atoms with Crippen molar-refractivity contribution >= 4 is 5.97 Å². The quantitative estimate of drug-likeness (QED) is 0.248. The molecule has 0 bridgehead atoms. The number of hydrogen-bond donors (Lipinski definition) is 2.